The monoisotopic (exact) mass is 159 g/mol. The van der Waals surface area contributed by atoms with E-state index >= 15 is 0 Å². The minimum absolute atomic E-state index is 0.0954. The quantitative estimate of drug-likeness (QED) is 0.588. The zero-order valence-electron chi connectivity index (χ0n) is 6.92. The largest absolute Gasteiger partial charge is 0.236 e. The second kappa shape index (κ2) is 5.40. The summed E-state index contributed by atoms with van der Waals surface area (Å²) in [5.74, 6) is 5.77. The number of hydrogen-bond donors (Lipinski definition) is 0. The van der Waals surface area contributed by atoms with Crippen molar-refractivity contribution in [3.05, 3.63) is 35.9 Å². The molecule has 1 aromatic rings. The van der Waals surface area contributed by atoms with E-state index in [0.29, 0.717) is 6.42 Å². The number of hydrogen-bond acceptors (Lipinski definition) is 0. The van der Waals surface area contributed by atoms with Crippen LogP contribution in [0.1, 0.15) is 12.0 Å². The summed E-state index contributed by atoms with van der Waals surface area (Å²) in [6.07, 6.45) is 1.22. The van der Waals surface area contributed by atoms with Crippen molar-refractivity contribution in [3.8, 4) is 11.8 Å². The zero-order chi connectivity index (χ0) is 8.65. The van der Waals surface area contributed by atoms with Crippen molar-refractivity contribution in [1.29, 1.82) is 0 Å². The maximum absolute atomic E-state index is 10.0. The van der Waals surface area contributed by atoms with E-state index in [-0.39, 0.29) is 6.61 Å². The molecule has 0 aromatic heterocycles. The summed E-state index contributed by atoms with van der Waals surface area (Å²) in [7, 11) is 0. The lowest BCUT2D eigenvalue weighted by molar-refractivity contribution is 0.201. The maximum atomic E-state index is 10.0. The summed E-state index contributed by atoms with van der Waals surface area (Å²) in [4.78, 5) is 0. The number of benzene rings is 1. The lowest BCUT2D eigenvalue weighted by Gasteiger charge is -1.90. The Hall–Kier alpha value is -1.26. The van der Waals surface area contributed by atoms with E-state index in [4.69, 9.17) is 0 Å². The summed E-state index contributed by atoms with van der Waals surface area (Å²) in [6, 6.07) is 10.0. The molecule has 0 fully saturated rings. The molecule has 0 amide bonds. The smallest absolute Gasteiger partial charge is 0.0931 e. The first-order valence-corrected chi connectivity index (χ1v) is 4.01. The Kier molecular flexibility index (Phi) is 3.97. The molecule has 0 aliphatic rings. The summed E-state index contributed by atoms with van der Waals surface area (Å²) in [5, 5.41) is 10.0. The standard InChI is InChI=1S/C11H11O/c12-10-6-2-5-9-11-7-3-1-4-8-11/h1,3-4,7-8H,6,9-10H2. The third-order valence-corrected chi connectivity index (χ3v) is 1.49. The molecule has 1 rings (SSSR count). The molecule has 0 heterocycles. The Bertz CT molecular complexity index is 266. The number of rotatable bonds is 2. The van der Waals surface area contributed by atoms with Crippen LogP contribution in [0.3, 0.4) is 0 Å². The zero-order valence-corrected chi connectivity index (χ0v) is 6.92. The van der Waals surface area contributed by atoms with E-state index in [1.165, 1.54) is 5.56 Å². The fourth-order valence-electron chi connectivity index (χ4n) is 0.900. The molecular formula is C11H11O. The van der Waals surface area contributed by atoms with Gasteiger partial charge in [-0.2, -0.15) is 0 Å². The SMILES string of the molecule is [O]CCC#CCc1ccccc1. The third kappa shape index (κ3) is 3.23. The first-order chi connectivity index (χ1) is 5.93. The van der Waals surface area contributed by atoms with Gasteiger partial charge in [0, 0.05) is 12.8 Å². The van der Waals surface area contributed by atoms with Gasteiger partial charge in [0.1, 0.15) is 0 Å². The van der Waals surface area contributed by atoms with Crippen LogP contribution < -0.4 is 0 Å². The highest BCUT2D eigenvalue weighted by Crippen LogP contribution is 1.97. The molecule has 0 bridgehead atoms. The van der Waals surface area contributed by atoms with Gasteiger partial charge in [-0.15, -0.1) is 5.92 Å². The van der Waals surface area contributed by atoms with E-state index in [9.17, 15) is 5.11 Å². The van der Waals surface area contributed by atoms with E-state index in [1.807, 2.05) is 30.3 Å². The maximum Gasteiger partial charge on any atom is 0.0931 e. The Balaban J connectivity index is 2.40. The summed E-state index contributed by atoms with van der Waals surface area (Å²) >= 11 is 0. The van der Waals surface area contributed by atoms with Gasteiger partial charge in [-0.05, 0) is 5.56 Å². The van der Waals surface area contributed by atoms with Crippen molar-refractivity contribution in [2.75, 3.05) is 6.61 Å². The van der Waals surface area contributed by atoms with Gasteiger partial charge < -0.3 is 0 Å². The van der Waals surface area contributed by atoms with Gasteiger partial charge in [0.15, 0.2) is 0 Å². The highest BCUT2D eigenvalue weighted by molar-refractivity contribution is 5.20. The summed E-state index contributed by atoms with van der Waals surface area (Å²) in [6.45, 7) is -0.0954. The van der Waals surface area contributed by atoms with Crippen LogP contribution >= 0.6 is 0 Å². The van der Waals surface area contributed by atoms with E-state index < -0.39 is 0 Å². The second-order valence-electron chi connectivity index (χ2n) is 2.47. The molecule has 0 aliphatic heterocycles. The molecule has 1 nitrogen and oxygen atoms in total. The fourth-order valence-corrected chi connectivity index (χ4v) is 0.900. The normalized spacial score (nSPS) is 8.75. The van der Waals surface area contributed by atoms with Crippen LogP contribution in [-0.4, -0.2) is 6.61 Å². The first kappa shape index (κ1) is 8.83. The van der Waals surface area contributed by atoms with Gasteiger partial charge in [0.05, 0.1) is 6.61 Å². The summed E-state index contributed by atoms with van der Waals surface area (Å²) in [5.41, 5.74) is 1.20. The Morgan fingerprint density at radius 3 is 2.50 bits per heavy atom. The predicted molar refractivity (Wildman–Crippen MR) is 48.1 cm³/mol. The second-order valence-corrected chi connectivity index (χ2v) is 2.47. The van der Waals surface area contributed by atoms with Crippen LogP contribution in [0.2, 0.25) is 0 Å². The minimum Gasteiger partial charge on any atom is -0.236 e. The molecule has 0 unspecified atom stereocenters. The van der Waals surface area contributed by atoms with Gasteiger partial charge >= 0.3 is 0 Å². The van der Waals surface area contributed by atoms with Crippen molar-refractivity contribution in [2.24, 2.45) is 0 Å². The highest BCUT2D eigenvalue weighted by Gasteiger charge is 1.84. The highest BCUT2D eigenvalue weighted by atomic mass is 16.2. The molecule has 0 aliphatic carbocycles. The molecule has 0 saturated heterocycles. The lowest BCUT2D eigenvalue weighted by atomic mass is 10.1. The van der Waals surface area contributed by atoms with Crippen LogP contribution in [0.4, 0.5) is 0 Å². The van der Waals surface area contributed by atoms with Gasteiger partial charge in [0.2, 0.25) is 0 Å². The van der Waals surface area contributed by atoms with Crippen molar-refractivity contribution in [3.63, 3.8) is 0 Å². The molecule has 0 N–H and O–H groups in total. The molecule has 1 radical (unpaired) electrons. The molecule has 0 spiro atoms. The van der Waals surface area contributed by atoms with Crippen molar-refractivity contribution < 1.29 is 5.11 Å². The summed E-state index contributed by atoms with van der Waals surface area (Å²) < 4.78 is 0. The Morgan fingerprint density at radius 1 is 1.08 bits per heavy atom. The van der Waals surface area contributed by atoms with Crippen LogP contribution in [0.25, 0.3) is 0 Å². The van der Waals surface area contributed by atoms with Crippen LogP contribution in [0, 0.1) is 11.8 Å². The first-order valence-electron chi connectivity index (χ1n) is 4.01. The lowest BCUT2D eigenvalue weighted by Crippen LogP contribution is -1.80. The predicted octanol–water partition coefficient (Wildman–Crippen LogP) is 2.05. The van der Waals surface area contributed by atoms with E-state index in [2.05, 4.69) is 11.8 Å². The topological polar surface area (TPSA) is 19.9 Å². The van der Waals surface area contributed by atoms with Gasteiger partial charge in [-0.25, -0.2) is 5.11 Å². The molecule has 1 aromatic carbocycles. The molecule has 0 atom stereocenters. The molecule has 1 heteroatoms. The van der Waals surface area contributed by atoms with Crippen LogP contribution in [-0.2, 0) is 11.5 Å². The van der Waals surface area contributed by atoms with E-state index in [1.54, 1.807) is 0 Å². The van der Waals surface area contributed by atoms with Gasteiger partial charge in [0.25, 0.3) is 0 Å². The van der Waals surface area contributed by atoms with Crippen LogP contribution in [0.15, 0.2) is 30.3 Å². The van der Waals surface area contributed by atoms with Crippen molar-refractivity contribution >= 4 is 0 Å². The Morgan fingerprint density at radius 2 is 1.83 bits per heavy atom. The van der Waals surface area contributed by atoms with Gasteiger partial charge in [-0.1, -0.05) is 36.3 Å². The third-order valence-electron chi connectivity index (χ3n) is 1.49. The minimum atomic E-state index is -0.0954. The molecule has 12 heavy (non-hydrogen) atoms. The van der Waals surface area contributed by atoms with E-state index in [0.717, 1.165) is 6.42 Å². The van der Waals surface area contributed by atoms with Crippen molar-refractivity contribution in [1.82, 2.24) is 0 Å². The van der Waals surface area contributed by atoms with Crippen LogP contribution in [0.5, 0.6) is 0 Å². The van der Waals surface area contributed by atoms with Gasteiger partial charge in [-0.3, -0.25) is 0 Å². The Labute approximate surface area is 73.0 Å². The molecule has 61 valence electrons. The molecular weight excluding hydrogens is 148 g/mol. The average molecular weight is 159 g/mol. The molecule has 0 saturated carbocycles. The fraction of sp³-hybridized carbons (Fsp3) is 0.273. The van der Waals surface area contributed by atoms with Crippen molar-refractivity contribution in [2.45, 2.75) is 12.8 Å². The average Bonchev–Trinajstić information content (AvgIpc) is 2.14.